The Balaban J connectivity index is 1.41. The van der Waals surface area contributed by atoms with Gasteiger partial charge in [-0.1, -0.05) is 23.9 Å². The first-order valence-electron chi connectivity index (χ1n) is 9.32. The van der Waals surface area contributed by atoms with Crippen LogP contribution in [0.5, 0.6) is 5.75 Å². The van der Waals surface area contributed by atoms with E-state index in [-0.39, 0.29) is 11.7 Å². The van der Waals surface area contributed by atoms with Crippen molar-refractivity contribution < 1.29 is 9.53 Å². The number of rotatable bonds is 6. The highest BCUT2D eigenvalue weighted by atomic mass is 32.2. The second kappa shape index (κ2) is 8.48. The number of aromatic nitrogens is 3. The summed E-state index contributed by atoms with van der Waals surface area (Å²) in [5.74, 6) is 1.03. The van der Waals surface area contributed by atoms with Gasteiger partial charge in [0.05, 0.1) is 12.9 Å². The Kier molecular flexibility index (Phi) is 5.62. The van der Waals surface area contributed by atoms with Gasteiger partial charge in [-0.3, -0.25) is 9.36 Å². The zero-order chi connectivity index (χ0) is 19.3. The van der Waals surface area contributed by atoms with Crippen LogP contribution in [0, 0.1) is 0 Å². The minimum Gasteiger partial charge on any atom is -0.497 e. The molecule has 3 aromatic rings. The molecule has 1 amide bonds. The highest BCUT2D eigenvalue weighted by Gasteiger charge is 2.15. The molecule has 4 rings (SSSR count). The van der Waals surface area contributed by atoms with E-state index in [1.807, 2.05) is 41.0 Å². The molecule has 1 N–H and O–H groups in total. The van der Waals surface area contributed by atoms with Crippen molar-refractivity contribution >= 4 is 23.4 Å². The van der Waals surface area contributed by atoms with Gasteiger partial charge in [-0.15, -0.1) is 10.2 Å². The summed E-state index contributed by atoms with van der Waals surface area (Å²) in [5, 5.41) is 11.9. The van der Waals surface area contributed by atoms with Gasteiger partial charge in [0, 0.05) is 11.4 Å². The molecule has 0 aliphatic heterocycles. The molecule has 1 aliphatic carbocycles. The number of anilines is 1. The first-order chi connectivity index (χ1) is 13.7. The van der Waals surface area contributed by atoms with Crippen LogP contribution in [-0.2, 0) is 17.6 Å². The quantitative estimate of drug-likeness (QED) is 0.643. The van der Waals surface area contributed by atoms with Gasteiger partial charge in [-0.05, 0) is 67.1 Å². The van der Waals surface area contributed by atoms with Crippen molar-refractivity contribution in [2.45, 2.75) is 30.8 Å². The normalized spacial score (nSPS) is 13.0. The third kappa shape index (κ3) is 4.04. The van der Waals surface area contributed by atoms with Gasteiger partial charge in [-0.25, -0.2) is 0 Å². The van der Waals surface area contributed by atoms with Gasteiger partial charge in [0.2, 0.25) is 5.91 Å². The van der Waals surface area contributed by atoms with Crippen molar-refractivity contribution in [1.29, 1.82) is 0 Å². The van der Waals surface area contributed by atoms with E-state index in [2.05, 4.69) is 21.6 Å². The van der Waals surface area contributed by atoms with Crippen LogP contribution in [0.25, 0.3) is 5.69 Å². The third-order valence-corrected chi connectivity index (χ3v) is 5.81. The van der Waals surface area contributed by atoms with Crippen molar-refractivity contribution in [2.75, 3.05) is 18.2 Å². The summed E-state index contributed by atoms with van der Waals surface area (Å²) in [6.45, 7) is 0. The lowest BCUT2D eigenvalue weighted by Gasteiger charge is -2.19. The van der Waals surface area contributed by atoms with Crippen molar-refractivity contribution in [1.82, 2.24) is 14.8 Å². The number of nitrogens with zero attached hydrogens (tertiary/aromatic N) is 3. The summed E-state index contributed by atoms with van der Waals surface area (Å²) in [4.78, 5) is 12.5. The van der Waals surface area contributed by atoms with Crippen molar-refractivity contribution in [3.63, 3.8) is 0 Å². The second-order valence-electron chi connectivity index (χ2n) is 6.67. The molecule has 28 heavy (non-hydrogen) atoms. The number of hydrogen-bond acceptors (Lipinski definition) is 5. The summed E-state index contributed by atoms with van der Waals surface area (Å²) in [5.41, 5.74) is 4.51. The highest BCUT2D eigenvalue weighted by molar-refractivity contribution is 7.99. The molecule has 7 heteroatoms. The lowest BCUT2D eigenvalue weighted by molar-refractivity contribution is -0.113. The smallest absolute Gasteiger partial charge is 0.234 e. The number of benzene rings is 2. The molecule has 0 radical (unpaired) electrons. The van der Waals surface area contributed by atoms with Gasteiger partial charge in [0.1, 0.15) is 12.1 Å². The molecule has 0 spiro atoms. The number of nitrogens with one attached hydrogen (secondary N) is 1. The van der Waals surface area contributed by atoms with Crippen LogP contribution in [-0.4, -0.2) is 33.5 Å². The summed E-state index contributed by atoms with van der Waals surface area (Å²) in [6, 6.07) is 13.8. The molecule has 1 aliphatic rings. The first-order valence-corrected chi connectivity index (χ1v) is 10.3. The maximum Gasteiger partial charge on any atom is 0.234 e. The standard InChI is InChI=1S/C21H22N4O2S/c1-27-17-11-9-16(10-12-17)25-14-22-24-21(25)28-13-20(26)23-19-8-4-6-15-5-2-3-7-18(15)19/h4,6,8-12,14H,2-3,5,7,13H2,1H3,(H,23,26). The molecule has 0 saturated carbocycles. The number of carbonyl (C=O) groups excluding carboxylic acids is 1. The van der Waals surface area contributed by atoms with Gasteiger partial charge < -0.3 is 10.1 Å². The molecule has 2 aromatic carbocycles. The van der Waals surface area contributed by atoms with Gasteiger partial charge in [0.15, 0.2) is 5.16 Å². The van der Waals surface area contributed by atoms with E-state index in [1.54, 1.807) is 13.4 Å². The van der Waals surface area contributed by atoms with E-state index in [0.29, 0.717) is 5.16 Å². The SMILES string of the molecule is COc1ccc(-n2cnnc2SCC(=O)Nc2cccc3c2CCCC3)cc1. The van der Waals surface area contributed by atoms with Gasteiger partial charge >= 0.3 is 0 Å². The van der Waals surface area contributed by atoms with Crippen LogP contribution in [0.3, 0.4) is 0 Å². The fourth-order valence-electron chi connectivity index (χ4n) is 3.46. The van der Waals surface area contributed by atoms with Crippen LogP contribution in [0.4, 0.5) is 5.69 Å². The largest absolute Gasteiger partial charge is 0.497 e. The third-order valence-electron chi connectivity index (χ3n) is 4.87. The number of amides is 1. The molecular formula is C21H22N4O2S. The van der Waals surface area contributed by atoms with Crippen LogP contribution < -0.4 is 10.1 Å². The molecule has 1 aromatic heterocycles. The Labute approximate surface area is 168 Å². The summed E-state index contributed by atoms with van der Waals surface area (Å²) in [7, 11) is 1.64. The molecular weight excluding hydrogens is 372 g/mol. The number of aryl methyl sites for hydroxylation is 1. The monoisotopic (exact) mass is 394 g/mol. The Morgan fingerprint density at radius 2 is 2.00 bits per heavy atom. The molecule has 0 saturated heterocycles. The summed E-state index contributed by atoms with van der Waals surface area (Å²) < 4.78 is 7.06. The molecule has 0 atom stereocenters. The number of carbonyl (C=O) groups is 1. The Morgan fingerprint density at radius 3 is 2.82 bits per heavy atom. The topological polar surface area (TPSA) is 69.0 Å². The van der Waals surface area contributed by atoms with Crippen LogP contribution in [0.1, 0.15) is 24.0 Å². The molecule has 144 valence electrons. The van der Waals surface area contributed by atoms with E-state index in [1.165, 1.54) is 35.7 Å². The van der Waals surface area contributed by atoms with Gasteiger partial charge in [0.25, 0.3) is 0 Å². The fourth-order valence-corrected chi connectivity index (χ4v) is 4.19. The summed E-state index contributed by atoms with van der Waals surface area (Å²) >= 11 is 1.37. The maximum atomic E-state index is 12.5. The molecule has 0 unspecified atom stereocenters. The Bertz CT molecular complexity index is 969. The molecule has 0 bridgehead atoms. The first kappa shape index (κ1) is 18.6. The van der Waals surface area contributed by atoms with Gasteiger partial charge in [-0.2, -0.15) is 0 Å². The predicted octanol–water partition coefficient (Wildman–Crippen LogP) is 3.89. The van der Waals surface area contributed by atoms with E-state index in [4.69, 9.17) is 4.74 Å². The lowest BCUT2D eigenvalue weighted by Crippen LogP contribution is -2.17. The highest BCUT2D eigenvalue weighted by Crippen LogP contribution is 2.28. The predicted molar refractivity (Wildman–Crippen MR) is 110 cm³/mol. The van der Waals surface area contributed by atoms with E-state index < -0.39 is 0 Å². The van der Waals surface area contributed by atoms with E-state index >= 15 is 0 Å². The lowest BCUT2D eigenvalue weighted by atomic mass is 9.90. The van der Waals surface area contributed by atoms with Crippen LogP contribution in [0.15, 0.2) is 53.9 Å². The van der Waals surface area contributed by atoms with E-state index in [0.717, 1.165) is 30.0 Å². The number of hydrogen-bond donors (Lipinski definition) is 1. The molecule has 1 heterocycles. The maximum absolute atomic E-state index is 12.5. The van der Waals surface area contributed by atoms with Crippen LogP contribution in [0.2, 0.25) is 0 Å². The minimum atomic E-state index is -0.0340. The molecule has 0 fully saturated rings. The number of fused-ring (bicyclic) bond motifs is 1. The van der Waals surface area contributed by atoms with Crippen molar-refractivity contribution in [2.24, 2.45) is 0 Å². The Hall–Kier alpha value is -2.80. The number of ether oxygens (including phenoxy) is 1. The Morgan fingerprint density at radius 1 is 1.18 bits per heavy atom. The zero-order valence-electron chi connectivity index (χ0n) is 15.7. The zero-order valence-corrected chi connectivity index (χ0v) is 16.5. The minimum absolute atomic E-state index is 0.0340. The fraction of sp³-hybridized carbons (Fsp3) is 0.286. The second-order valence-corrected chi connectivity index (χ2v) is 7.61. The molecule has 6 nitrogen and oxygen atoms in total. The van der Waals surface area contributed by atoms with Crippen molar-refractivity contribution in [3.8, 4) is 11.4 Å². The average molecular weight is 395 g/mol. The number of thioether (sulfide) groups is 1. The van der Waals surface area contributed by atoms with Crippen LogP contribution >= 0.6 is 11.8 Å². The van der Waals surface area contributed by atoms with E-state index in [9.17, 15) is 4.79 Å². The summed E-state index contributed by atoms with van der Waals surface area (Å²) in [6.07, 6.45) is 6.18. The number of methoxy groups -OCH3 is 1. The van der Waals surface area contributed by atoms with Crippen molar-refractivity contribution in [3.05, 3.63) is 59.9 Å². The average Bonchev–Trinajstić information content (AvgIpc) is 3.21.